The minimum atomic E-state index is -0.548. The molecule has 1 aromatic rings. The number of rotatable bonds is 3. The molecule has 4 nitrogen and oxygen atoms in total. The summed E-state index contributed by atoms with van der Waals surface area (Å²) in [6, 6.07) is 2.59. The van der Waals surface area contributed by atoms with Gasteiger partial charge in [-0.15, -0.1) is 0 Å². The van der Waals surface area contributed by atoms with Crippen molar-refractivity contribution in [3.8, 4) is 0 Å². The lowest BCUT2D eigenvalue weighted by Crippen LogP contribution is -1.98. The van der Waals surface area contributed by atoms with Crippen LogP contribution in [0.3, 0.4) is 0 Å². The second kappa shape index (κ2) is 4.59. The summed E-state index contributed by atoms with van der Waals surface area (Å²) in [6.45, 7) is -0.168. The number of nitrogens with zero attached hydrogens (tertiary/aromatic N) is 1. The summed E-state index contributed by atoms with van der Waals surface area (Å²) in [6.07, 6.45) is 0.188. The maximum Gasteiger partial charge on any atom is 0.274 e. The van der Waals surface area contributed by atoms with Crippen LogP contribution in [-0.2, 0) is 6.42 Å². The van der Waals surface area contributed by atoms with Crippen molar-refractivity contribution in [1.82, 2.24) is 0 Å². The van der Waals surface area contributed by atoms with Gasteiger partial charge in [0.25, 0.3) is 5.69 Å². The molecule has 0 unspecified atom stereocenters. The molecule has 0 aliphatic rings. The van der Waals surface area contributed by atoms with Gasteiger partial charge in [-0.05, 0) is 6.07 Å². The molecule has 0 aromatic heterocycles. The Labute approximate surface area is 90.2 Å². The fourth-order valence-electron chi connectivity index (χ4n) is 1.07. The van der Waals surface area contributed by atoms with E-state index in [1.807, 2.05) is 0 Å². The van der Waals surface area contributed by atoms with E-state index in [1.54, 1.807) is 0 Å². The van der Waals surface area contributed by atoms with Gasteiger partial charge in [-0.2, -0.15) is 0 Å². The van der Waals surface area contributed by atoms with Crippen LogP contribution in [0.25, 0.3) is 0 Å². The zero-order chi connectivity index (χ0) is 10.7. The van der Waals surface area contributed by atoms with Crippen LogP contribution < -0.4 is 0 Å². The van der Waals surface area contributed by atoms with E-state index in [4.69, 9.17) is 28.3 Å². The molecule has 1 rings (SSSR count). The highest BCUT2D eigenvalue weighted by Crippen LogP contribution is 2.30. The van der Waals surface area contributed by atoms with Crippen LogP contribution in [0.4, 0.5) is 5.69 Å². The molecule has 76 valence electrons. The maximum absolute atomic E-state index is 10.6. The molecule has 0 atom stereocenters. The van der Waals surface area contributed by atoms with E-state index in [2.05, 4.69) is 0 Å². The smallest absolute Gasteiger partial charge is 0.274 e. The lowest BCUT2D eigenvalue weighted by atomic mass is 10.1. The van der Waals surface area contributed by atoms with Gasteiger partial charge in [-0.3, -0.25) is 10.1 Å². The SMILES string of the molecule is O=[N+]([O-])c1cc(Cl)c(Cl)cc1CCO. The predicted molar refractivity (Wildman–Crippen MR) is 53.9 cm³/mol. The van der Waals surface area contributed by atoms with Crippen molar-refractivity contribution < 1.29 is 10.0 Å². The Hall–Kier alpha value is -0.840. The molecule has 6 heteroatoms. The summed E-state index contributed by atoms with van der Waals surface area (Å²) in [5.74, 6) is 0. The highest BCUT2D eigenvalue weighted by atomic mass is 35.5. The van der Waals surface area contributed by atoms with Gasteiger partial charge in [-0.1, -0.05) is 23.2 Å². The average molecular weight is 236 g/mol. The lowest BCUT2D eigenvalue weighted by Gasteiger charge is -2.02. The van der Waals surface area contributed by atoms with Crippen molar-refractivity contribution in [3.63, 3.8) is 0 Å². The van der Waals surface area contributed by atoms with Crippen molar-refractivity contribution >= 4 is 28.9 Å². The van der Waals surface area contributed by atoms with Gasteiger partial charge >= 0.3 is 0 Å². The number of hydrogen-bond acceptors (Lipinski definition) is 3. The van der Waals surface area contributed by atoms with Crippen LogP contribution >= 0.6 is 23.2 Å². The molecule has 0 amide bonds. The number of halogens is 2. The van der Waals surface area contributed by atoms with E-state index < -0.39 is 4.92 Å². The van der Waals surface area contributed by atoms with Crippen LogP contribution in [0.15, 0.2) is 12.1 Å². The molecule has 0 radical (unpaired) electrons. The molecule has 0 saturated carbocycles. The Morgan fingerprint density at radius 2 is 1.93 bits per heavy atom. The second-order valence-corrected chi connectivity index (χ2v) is 3.44. The first-order chi connectivity index (χ1) is 6.56. The highest BCUT2D eigenvalue weighted by molar-refractivity contribution is 6.42. The Bertz CT molecular complexity index is 368. The van der Waals surface area contributed by atoms with Gasteiger partial charge < -0.3 is 5.11 Å². The van der Waals surface area contributed by atoms with Crippen LogP contribution in [0.5, 0.6) is 0 Å². The molecule has 0 aliphatic heterocycles. The van der Waals surface area contributed by atoms with E-state index >= 15 is 0 Å². The minimum Gasteiger partial charge on any atom is -0.396 e. The molecule has 0 bridgehead atoms. The zero-order valence-corrected chi connectivity index (χ0v) is 8.55. The molecule has 0 saturated heterocycles. The Morgan fingerprint density at radius 1 is 1.36 bits per heavy atom. The van der Waals surface area contributed by atoms with Crippen LogP contribution in [0.2, 0.25) is 10.0 Å². The Balaban J connectivity index is 3.24. The monoisotopic (exact) mass is 235 g/mol. The van der Waals surface area contributed by atoms with Crippen LogP contribution in [0, 0.1) is 10.1 Å². The van der Waals surface area contributed by atoms with Crippen molar-refractivity contribution in [2.24, 2.45) is 0 Å². The second-order valence-electron chi connectivity index (χ2n) is 2.63. The van der Waals surface area contributed by atoms with Crippen LogP contribution in [0.1, 0.15) is 5.56 Å². The van der Waals surface area contributed by atoms with Gasteiger partial charge in [0.15, 0.2) is 0 Å². The molecule has 0 aliphatic carbocycles. The highest BCUT2D eigenvalue weighted by Gasteiger charge is 2.15. The van der Waals surface area contributed by atoms with Crippen molar-refractivity contribution in [2.45, 2.75) is 6.42 Å². The summed E-state index contributed by atoms with van der Waals surface area (Å²) in [4.78, 5) is 10.0. The quantitative estimate of drug-likeness (QED) is 0.647. The average Bonchev–Trinajstić information content (AvgIpc) is 2.11. The summed E-state index contributed by atoms with van der Waals surface area (Å²) >= 11 is 11.3. The lowest BCUT2D eigenvalue weighted by molar-refractivity contribution is -0.385. The fraction of sp³-hybridized carbons (Fsp3) is 0.250. The Kier molecular flexibility index (Phi) is 3.69. The fourth-order valence-corrected chi connectivity index (χ4v) is 1.41. The first-order valence-electron chi connectivity index (χ1n) is 3.79. The van der Waals surface area contributed by atoms with Gasteiger partial charge in [-0.25, -0.2) is 0 Å². The molecule has 1 aromatic carbocycles. The molecule has 14 heavy (non-hydrogen) atoms. The number of nitro groups is 1. The van der Waals surface area contributed by atoms with Crippen molar-refractivity contribution in [2.75, 3.05) is 6.61 Å². The molecule has 0 fully saturated rings. The molecular weight excluding hydrogens is 229 g/mol. The van der Waals surface area contributed by atoms with Gasteiger partial charge in [0, 0.05) is 24.7 Å². The van der Waals surface area contributed by atoms with E-state index in [0.29, 0.717) is 5.56 Å². The normalized spacial score (nSPS) is 10.2. The maximum atomic E-state index is 10.6. The van der Waals surface area contributed by atoms with Crippen LogP contribution in [-0.4, -0.2) is 16.6 Å². The summed E-state index contributed by atoms with van der Waals surface area (Å²) in [7, 11) is 0. The first kappa shape index (κ1) is 11.2. The topological polar surface area (TPSA) is 63.4 Å². The number of aliphatic hydroxyl groups is 1. The first-order valence-corrected chi connectivity index (χ1v) is 4.55. The third-order valence-electron chi connectivity index (χ3n) is 1.70. The third-order valence-corrected chi connectivity index (χ3v) is 2.42. The van der Waals surface area contributed by atoms with Gasteiger partial charge in [0.2, 0.25) is 0 Å². The summed E-state index contributed by atoms with van der Waals surface area (Å²) in [5, 5.41) is 19.7. The largest absolute Gasteiger partial charge is 0.396 e. The third kappa shape index (κ3) is 2.35. The Morgan fingerprint density at radius 3 is 2.43 bits per heavy atom. The van der Waals surface area contributed by atoms with Gasteiger partial charge in [0.1, 0.15) is 0 Å². The number of nitro benzene ring substituents is 1. The molecular formula is C8H7Cl2NO3. The molecule has 1 N–H and O–H groups in total. The predicted octanol–water partition coefficient (Wildman–Crippen LogP) is 2.44. The van der Waals surface area contributed by atoms with E-state index in [-0.39, 0.29) is 28.8 Å². The number of benzene rings is 1. The zero-order valence-electron chi connectivity index (χ0n) is 7.04. The van der Waals surface area contributed by atoms with Crippen molar-refractivity contribution in [3.05, 3.63) is 37.9 Å². The number of hydrogen-bond donors (Lipinski definition) is 1. The van der Waals surface area contributed by atoms with Crippen molar-refractivity contribution in [1.29, 1.82) is 0 Å². The summed E-state index contributed by atoms with van der Waals surface area (Å²) < 4.78 is 0. The van der Waals surface area contributed by atoms with E-state index in [9.17, 15) is 10.1 Å². The number of aliphatic hydroxyl groups excluding tert-OH is 1. The molecule has 0 spiro atoms. The standard InChI is InChI=1S/C8H7Cl2NO3/c9-6-3-5(1-2-12)8(11(13)14)4-7(6)10/h3-4,12H,1-2H2. The van der Waals surface area contributed by atoms with E-state index in [0.717, 1.165) is 0 Å². The van der Waals surface area contributed by atoms with E-state index in [1.165, 1.54) is 12.1 Å². The van der Waals surface area contributed by atoms with Gasteiger partial charge in [0.05, 0.1) is 15.0 Å². The minimum absolute atomic E-state index is 0.117. The summed E-state index contributed by atoms with van der Waals surface area (Å²) in [5.41, 5.74) is 0.264. The molecule has 0 heterocycles.